The average Bonchev–Trinajstić information content (AvgIpc) is 2.85. The largest absolute Gasteiger partial charge is 0.343 e. The van der Waals surface area contributed by atoms with E-state index in [4.69, 9.17) is 5.73 Å². The number of aryl methyl sites for hydroxylation is 1. The van der Waals surface area contributed by atoms with E-state index < -0.39 is 0 Å². The quantitative estimate of drug-likeness (QED) is 0.933. The van der Waals surface area contributed by atoms with Crippen molar-refractivity contribution in [3.63, 3.8) is 0 Å². The molecule has 1 aromatic rings. The lowest BCUT2D eigenvalue weighted by Gasteiger charge is -2.19. The van der Waals surface area contributed by atoms with Gasteiger partial charge in [-0.15, -0.1) is 0 Å². The number of hydrogen-bond acceptors (Lipinski definition) is 2. The minimum absolute atomic E-state index is 0.180. The van der Waals surface area contributed by atoms with Crippen LogP contribution in [0.2, 0.25) is 0 Å². The highest BCUT2D eigenvalue weighted by Crippen LogP contribution is 2.24. The van der Waals surface area contributed by atoms with E-state index in [1.54, 1.807) is 0 Å². The number of hydrogen-bond donors (Lipinski definition) is 1. The maximum atomic E-state index is 12.1. The van der Waals surface area contributed by atoms with E-state index in [0.717, 1.165) is 41.5 Å². The minimum atomic E-state index is -0.212. The molecule has 0 aliphatic carbocycles. The Balaban J connectivity index is 2.04. The van der Waals surface area contributed by atoms with Crippen LogP contribution in [0, 0.1) is 6.92 Å². The Labute approximate surface area is 116 Å². The fourth-order valence-electron chi connectivity index (χ4n) is 2.40. The molecule has 0 bridgehead atoms. The summed E-state index contributed by atoms with van der Waals surface area (Å²) in [5, 5.41) is 0. The molecular weight excluding hydrogens is 292 g/mol. The molecule has 98 valence electrons. The van der Waals surface area contributed by atoms with Crippen molar-refractivity contribution in [1.29, 1.82) is 0 Å². The van der Waals surface area contributed by atoms with Crippen molar-refractivity contribution in [2.45, 2.75) is 32.2 Å². The Kier molecular flexibility index (Phi) is 4.40. The first kappa shape index (κ1) is 13.6. The van der Waals surface area contributed by atoms with E-state index in [1.807, 2.05) is 30.0 Å². The Morgan fingerprint density at radius 1 is 1.44 bits per heavy atom. The number of likely N-dealkylation sites (tertiary alicyclic amines) is 1. The zero-order chi connectivity index (χ0) is 13.1. The first-order chi connectivity index (χ1) is 8.58. The van der Waals surface area contributed by atoms with Crippen LogP contribution in [0.15, 0.2) is 22.7 Å². The van der Waals surface area contributed by atoms with Gasteiger partial charge in [0.05, 0.1) is 0 Å². The van der Waals surface area contributed by atoms with Crippen LogP contribution in [-0.4, -0.2) is 23.9 Å². The Hall–Kier alpha value is -0.870. The van der Waals surface area contributed by atoms with Crippen molar-refractivity contribution in [2.75, 3.05) is 13.1 Å². The Morgan fingerprint density at radius 3 is 2.78 bits per heavy atom. The van der Waals surface area contributed by atoms with Gasteiger partial charge in [0.2, 0.25) is 5.91 Å². The van der Waals surface area contributed by atoms with Gasteiger partial charge in [-0.3, -0.25) is 4.79 Å². The highest BCUT2D eigenvalue weighted by Gasteiger charge is 2.21. The van der Waals surface area contributed by atoms with Crippen LogP contribution in [0.4, 0.5) is 0 Å². The minimum Gasteiger partial charge on any atom is -0.343 e. The zero-order valence-electron chi connectivity index (χ0n) is 10.7. The van der Waals surface area contributed by atoms with Crippen LogP contribution in [0.3, 0.4) is 0 Å². The van der Waals surface area contributed by atoms with E-state index in [1.165, 1.54) is 0 Å². The fraction of sp³-hybridized carbons (Fsp3) is 0.500. The second-order valence-corrected chi connectivity index (χ2v) is 5.82. The number of carbonyl (C=O) groups excluding carboxylic acids is 1. The van der Waals surface area contributed by atoms with Gasteiger partial charge in [-0.25, -0.2) is 0 Å². The number of nitrogens with two attached hydrogens (primary N) is 1. The van der Waals surface area contributed by atoms with Gasteiger partial charge in [0.1, 0.15) is 0 Å². The molecule has 2 N–H and O–H groups in total. The molecule has 2 rings (SSSR count). The highest BCUT2D eigenvalue weighted by atomic mass is 79.9. The molecule has 1 aliphatic heterocycles. The van der Waals surface area contributed by atoms with Gasteiger partial charge in [-0.05, 0) is 43.0 Å². The molecule has 1 aliphatic rings. The standard InChI is InChI=1S/C14H19BrN2O/c1-10-4-5-11(15)8-12(10)13(16)9-14(18)17-6-2-3-7-17/h4-5,8,13H,2-3,6-7,9,16H2,1H3. The molecule has 1 amide bonds. The van der Waals surface area contributed by atoms with Crippen LogP contribution >= 0.6 is 15.9 Å². The lowest BCUT2D eigenvalue weighted by Crippen LogP contribution is -2.30. The van der Waals surface area contributed by atoms with Gasteiger partial charge in [-0.1, -0.05) is 22.0 Å². The maximum Gasteiger partial charge on any atom is 0.224 e. The number of nitrogens with zero attached hydrogens (tertiary/aromatic N) is 1. The molecule has 4 heteroatoms. The smallest absolute Gasteiger partial charge is 0.224 e. The second-order valence-electron chi connectivity index (χ2n) is 4.90. The number of benzene rings is 1. The van der Waals surface area contributed by atoms with Crippen LogP contribution in [0.5, 0.6) is 0 Å². The summed E-state index contributed by atoms with van der Waals surface area (Å²) in [6.45, 7) is 3.81. The normalized spacial score (nSPS) is 16.9. The summed E-state index contributed by atoms with van der Waals surface area (Å²) in [6.07, 6.45) is 2.64. The summed E-state index contributed by atoms with van der Waals surface area (Å²) in [5.41, 5.74) is 8.36. The molecule has 1 heterocycles. The van der Waals surface area contributed by atoms with Gasteiger partial charge < -0.3 is 10.6 Å². The Bertz CT molecular complexity index is 441. The van der Waals surface area contributed by atoms with Crippen LogP contribution < -0.4 is 5.73 Å². The van der Waals surface area contributed by atoms with E-state index in [0.29, 0.717) is 6.42 Å². The first-order valence-corrected chi connectivity index (χ1v) is 7.16. The van der Waals surface area contributed by atoms with E-state index >= 15 is 0 Å². The molecule has 3 nitrogen and oxygen atoms in total. The molecular formula is C14H19BrN2O. The number of carbonyl (C=O) groups is 1. The van der Waals surface area contributed by atoms with Gasteiger partial charge in [0.25, 0.3) is 0 Å². The van der Waals surface area contributed by atoms with E-state index in [9.17, 15) is 4.79 Å². The summed E-state index contributed by atoms with van der Waals surface area (Å²) in [7, 11) is 0. The number of amides is 1. The summed E-state index contributed by atoms with van der Waals surface area (Å²) in [5.74, 6) is 0.180. The predicted molar refractivity (Wildman–Crippen MR) is 76.2 cm³/mol. The van der Waals surface area contributed by atoms with Gasteiger partial charge in [0, 0.05) is 30.0 Å². The summed E-state index contributed by atoms with van der Waals surface area (Å²) in [4.78, 5) is 14.0. The molecule has 18 heavy (non-hydrogen) atoms. The van der Waals surface area contributed by atoms with Crippen LogP contribution in [0.1, 0.15) is 36.4 Å². The monoisotopic (exact) mass is 310 g/mol. The van der Waals surface area contributed by atoms with Crippen molar-refractivity contribution in [3.05, 3.63) is 33.8 Å². The van der Waals surface area contributed by atoms with Gasteiger partial charge >= 0.3 is 0 Å². The molecule has 1 fully saturated rings. The third-order valence-electron chi connectivity index (χ3n) is 3.49. The second kappa shape index (κ2) is 5.85. The van der Waals surface area contributed by atoms with Crippen LogP contribution in [-0.2, 0) is 4.79 Å². The highest BCUT2D eigenvalue weighted by molar-refractivity contribution is 9.10. The van der Waals surface area contributed by atoms with Crippen molar-refractivity contribution in [2.24, 2.45) is 5.73 Å². The lowest BCUT2D eigenvalue weighted by atomic mass is 9.99. The number of rotatable bonds is 3. The summed E-state index contributed by atoms with van der Waals surface area (Å²) in [6, 6.07) is 5.82. The van der Waals surface area contributed by atoms with Gasteiger partial charge in [0.15, 0.2) is 0 Å². The zero-order valence-corrected chi connectivity index (χ0v) is 12.2. The molecule has 1 atom stereocenters. The van der Waals surface area contributed by atoms with E-state index in [2.05, 4.69) is 15.9 Å². The van der Waals surface area contributed by atoms with Crippen molar-refractivity contribution >= 4 is 21.8 Å². The van der Waals surface area contributed by atoms with Crippen molar-refractivity contribution < 1.29 is 4.79 Å². The third kappa shape index (κ3) is 3.12. The summed E-state index contributed by atoms with van der Waals surface area (Å²) < 4.78 is 1.01. The fourth-order valence-corrected chi connectivity index (χ4v) is 2.78. The molecule has 1 aromatic carbocycles. The molecule has 1 unspecified atom stereocenters. The molecule has 0 radical (unpaired) electrons. The van der Waals surface area contributed by atoms with Crippen molar-refractivity contribution in [3.8, 4) is 0 Å². The third-order valence-corrected chi connectivity index (χ3v) is 3.99. The van der Waals surface area contributed by atoms with E-state index in [-0.39, 0.29) is 11.9 Å². The lowest BCUT2D eigenvalue weighted by molar-refractivity contribution is -0.130. The summed E-state index contributed by atoms with van der Waals surface area (Å²) >= 11 is 3.45. The Morgan fingerprint density at radius 2 is 2.11 bits per heavy atom. The van der Waals surface area contributed by atoms with Crippen LogP contribution in [0.25, 0.3) is 0 Å². The molecule has 1 saturated heterocycles. The topological polar surface area (TPSA) is 46.3 Å². The SMILES string of the molecule is Cc1ccc(Br)cc1C(N)CC(=O)N1CCCC1. The number of halogens is 1. The molecule has 0 spiro atoms. The molecule has 0 aromatic heterocycles. The maximum absolute atomic E-state index is 12.1. The molecule has 0 saturated carbocycles. The first-order valence-electron chi connectivity index (χ1n) is 6.37. The van der Waals surface area contributed by atoms with Crippen molar-refractivity contribution in [1.82, 2.24) is 4.90 Å². The predicted octanol–water partition coefficient (Wildman–Crippen LogP) is 2.77. The average molecular weight is 311 g/mol. The van der Waals surface area contributed by atoms with Gasteiger partial charge in [-0.2, -0.15) is 0 Å².